The topological polar surface area (TPSA) is 160 Å². The summed E-state index contributed by atoms with van der Waals surface area (Å²) < 4.78 is 48.2. The van der Waals surface area contributed by atoms with Crippen LogP contribution in [0.4, 0.5) is 18.9 Å². The highest BCUT2D eigenvalue weighted by Crippen LogP contribution is 2.32. The Morgan fingerprint density at radius 3 is 2.13 bits per heavy atom. The van der Waals surface area contributed by atoms with Crippen LogP contribution in [0.15, 0.2) is 24.3 Å². The molecule has 1 saturated carbocycles. The number of alkyl halides is 3. The van der Waals surface area contributed by atoms with E-state index in [2.05, 4.69) is 16.0 Å². The predicted molar refractivity (Wildman–Crippen MR) is 196 cm³/mol. The van der Waals surface area contributed by atoms with E-state index in [-0.39, 0.29) is 74.4 Å². The summed E-state index contributed by atoms with van der Waals surface area (Å²) in [5, 5.41) is 8.19. The summed E-state index contributed by atoms with van der Waals surface area (Å²) in [4.78, 5) is 65.1. The number of nitrogens with two attached hydrogens (primary N) is 1. The van der Waals surface area contributed by atoms with Crippen LogP contribution < -0.4 is 21.7 Å². The zero-order chi connectivity index (χ0) is 39.3. The number of unbranched alkanes of at least 4 members (excludes halogenated alkanes) is 2. The van der Waals surface area contributed by atoms with Crippen molar-refractivity contribution in [3.63, 3.8) is 0 Å². The highest BCUT2D eigenvalue weighted by atomic mass is 19.4. The summed E-state index contributed by atoms with van der Waals surface area (Å²) in [7, 11) is 0. The number of hydrogen-bond acceptors (Lipinski definition) is 8. The van der Waals surface area contributed by atoms with E-state index in [1.54, 1.807) is 45.0 Å². The molecule has 1 aromatic rings. The number of anilines is 1. The van der Waals surface area contributed by atoms with Crippen LogP contribution in [0.2, 0.25) is 0 Å². The van der Waals surface area contributed by atoms with Crippen LogP contribution in [0.3, 0.4) is 0 Å². The lowest BCUT2D eigenvalue weighted by atomic mass is 9.79. The first kappa shape index (κ1) is 43.9. The van der Waals surface area contributed by atoms with Gasteiger partial charge in [0.25, 0.3) is 0 Å². The quantitative estimate of drug-likeness (QED) is 0.0733. The molecule has 4 atom stereocenters. The molecule has 4 amide bonds. The summed E-state index contributed by atoms with van der Waals surface area (Å²) in [6.45, 7) is 9.63. The first-order valence-corrected chi connectivity index (χ1v) is 19.3. The molecule has 298 valence electrons. The molecule has 1 saturated heterocycles. The second kappa shape index (κ2) is 20.8. The molecule has 0 aromatic heterocycles. The van der Waals surface area contributed by atoms with Crippen molar-refractivity contribution in [2.45, 2.75) is 136 Å². The molecule has 2 fully saturated rings. The first-order chi connectivity index (χ1) is 25.0. The zero-order valence-electron chi connectivity index (χ0n) is 31.9. The number of esters is 1. The van der Waals surface area contributed by atoms with E-state index >= 15 is 0 Å². The van der Waals surface area contributed by atoms with E-state index < -0.39 is 42.0 Å². The number of rotatable bonds is 20. The van der Waals surface area contributed by atoms with Crippen LogP contribution in [0, 0.1) is 29.6 Å². The van der Waals surface area contributed by atoms with Crippen molar-refractivity contribution in [1.82, 2.24) is 15.5 Å². The Kier molecular flexibility index (Phi) is 17.2. The molecule has 1 aromatic carbocycles. The Morgan fingerprint density at radius 1 is 0.943 bits per heavy atom. The SMILES string of the molecule is CCC(=O)OCc1ccc(NC(=O)[C@H](CC2CCC(CN)CC2)NC(=O)[C@@H](N[C@H](CCCCCN2C(=O)CC(C(C)C)C2=O)C(F)(F)F)C(C)C)cc1. The van der Waals surface area contributed by atoms with Crippen LogP contribution in [-0.2, 0) is 35.3 Å². The fourth-order valence-electron chi connectivity index (χ4n) is 7.10. The number of carbonyl (C=O) groups is 5. The minimum absolute atomic E-state index is 0.0327. The third kappa shape index (κ3) is 13.7. The van der Waals surface area contributed by atoms with Crippen LogP contribution in [0.1, 0.15) is 111 Å². The van der Waals surface area contributed by atoms with Gasteiger partial charge in [-0.15, -0.1) is 0 Å². The number of halogens is 3. The number of benzene rings is 1. The smallest absolute Gasteiger partial charge is 0.403 e. The van der Waals surface area contributed by atoms with E-state index in [0.717, 1.165) is 31.2 Å². The van der Waals surface area contributed by atoms with E-state index in [4.69, 9.17) is 10.5 Å². The second-order valence-corrected chi connectivity index (χ2v) is 15.4. The minimum atomic E-state index is -4.64. The summed E-state index contributed by atoms with van der Waals surface area (Å²) >= 11 is 0. The molecule has 0 bridgehead atoms. The summed E-state index contributed by atoms with van der Waals surface area (Å²) in [6.07, 6.45) is 0.203. The molecule has 0 radical (unpaired) electrons. The number of carbonyl (C=O) groups excluding carboxylic acids is 5. The number of imide groups is 1. The van der Waals surface area contributed by atoms with Gasteiger partial charge in [-0.3, -0.25) is 34.2 Å². The second-order valence-electron chi connectivity index (χ2n) is 15.4. The summed E-state index contributed by atoms with van der Waals surface area (Å²) in [5.41, 5.74) is 7.06. The van der Waals surface area contributed by atoms with Gasteiger partial charge in [-0.2, -0.15) is 13.2 Å². The highest BCUT2D eigenvalue weighted by Gasteiger charge is 2.43. The van der Waals surface area contributed by atoms with Crippen molar-refractivity contribution in [3.05, 3.63) is 29.8 Å². The monoisotopic (exact) mass is 751 g/mol. The lowest BCUT2D eigenvalue weighted by Gasteiger charge is -2.33. The van der Waals surface area contributed by atoms with Gasteiger partial charge in [0.1, 0.15) is 18.7 Å². The predicted octanol–water partition coefficient (Wildman–Crippen LogP) is 5.85. The number of hydrogen-bond donors (Lipinski definition) is 4. The number of nitrogens with zero attached hydrogens (tertiary/aromatic N) is 1. The van der Waals surface area contributed by atoms with Gasteiger partial charge < -0.3 is 21.1 Å². The molecule has 3 rings (SSSR count). The van der Waals surface area contributed by atoms with Gasteiger partial charge in [0.05, 0.1) is 6.04 Å². The molecular weight excluding hydrogens is 691 g/mol. The van der Waals surface area contributed by atoms with Gasteiger partial charge >= 0.3 is 12.1 Å². The van der Waals surface area contributed by atoms with Gasteiger partial charge in [0, 0.05) is 31.0 Å². The number of amides is 4. The molecule has 5 N–H and O–H groups in total. The Hall–Kier alpha value is -3.52. The van der Waals surface area contributed by atoms with Gasteiger partial charge in [-0.05, 0) is 80.0 Å². The Labute approximate surface area is 312 Å². The minimum Gasteiger partial charge on any atom is -0.461 e. The maximum Gasteiger partial charge on any atom is 0.403 e. The fourth-order valence-corrected chi connectivity index (χ4v) is 7.10. The number of likely N-dealkylation sites (tertiary alicyclic amines) is 1. The molecule has 1 aliphatic carbocycles. The largest absolute Gasteiger partial charge is 0.461 e. The Morgan fingerprint density at radius 2 is 1.58 bits per heavy atom. The zero-order valence-corrected chi connectivity index (χ0v) is 31.9. The molecule has 2 aliphatic rings. The average molecular weight is 752 g/mol. The normalized spacial score (nSPS) is 21.1. The lowest BCUT2D eigenvalue weighted by Crippen LogP contribution is -2.58. The van der Waals surface area contributed by atoms with Crippen molar-refractivity contribution in [3.8, 4) is 0 Å². The summed E-state index contributed by atoms with van der Waals surface area (Å²) in [6, 6.07) is 2.54. The van der Waals surface area contributed by atoms with Gasteiger partial charge in [-0.25, -0.2) is 0 Å². The average Bonchev–Trinajstić information content (AvgIpc) is 3.40. The van der Waals surface area contributed by atoms with E-state index in [9.17, 15) is 37.1 Å². The molecule has 1 heterocycles. The first-order valence-electron chi connectivity index (χ1n) is 19.3. The fraction of sp³-hybridized carbons (Fsp3) is 0.718. The number of ether oxygens (including phenoxy) is 1. The van der Waals surface area contributed by atoms with Crippen molar-refractivity contribution >= 4 is 35.3 Å². The molecule has 53 heavy (non-hydrogen) atoms. The maximum atomic E-state index is 14.3. The molecule has 14 heteroatoms. The number of nitrogens with one attached hydrogen (secondary N) is 3. The van der Waals surface area contributed by atoms with Crippen molar-refractivity contribution < 1.29 is 41.9 Å². The maximum absolute atomic E-state index is 14.3. The van der Waals surface area contributed by atoms with Gasteiger partial charge in [-0.1, -0.05) is 72.4 Å². The van der Waals surface area contributed by atoms with E-state index in [1.165, 1.54) is 4.90 Å². The van der Waals surface area contributed by atoms with Crippen molar-refractivity contribution in [1.29, 1.82) is 0 Å². The molecule has 1 aliphatic heterocycles. The lowest BCUT2D eigenvalue weighted by molar-refractivity contribution is -0.161. The molecule has 1 unspecified atom stereocenters. The third-order valence-electron chi connectivity index (χ3n) is 10.6. The third-order valence-corrected chi connectivity index (χ3v) is 10.6. The Balaban J connectivity index is 1.65. The van der Waals surface area contributed by atoms with Crippen molar-refractivity contribution in [2.24, 2.45) is 35.3 Å². The van der Waals surface area contributed by atoms with Crippen LogP contribution >= 0.6 is 0 Å². The Bertz CT molecular complexity index is 1360. The van der Waals surface area contributed by atoms with Crippen LogP contribution in [0.25, 0.3) is 0 Å². The van der Waals surface area contributed by atoms with Crippen molar-refractivity contribution in [2.75, 3.05) is 18.4 Å². The molecule has 11 nitrogen and oxygen atoms in total. The standard InChI is InChI=1S/C39H60F3N5O6/c1-6-34(49)53-23-28-15-17-29(18-16-28)44-36(50)31(20-26-11-13-27(22-43)14-12-26)45-37(51)35(25(4)5)46-32(39(40,41)42)10-8-7-9-19-47-33(48)21-30(24(2)3)38(47)52/h15-18,24-27,30-32,35,46H,6-14,19-23,43H2,1-5H3,(H,44,50)(H,45,51)/t26?,27?,30?,31-,32+,35-/m0/s1. The van der Waals surface area contributed by atoms with Crippen LogP contribution in [-0.4, -0.2) is 71.9 Å². The molecule has 0 spiro atoms. The van der Waals surface area contributed by atoms with Gasteiger partial charge in [0.15, 0.2) is 0 Å². The van der Waals surface area contributed by atoms with Crippen LogP contribution in [0.5, 0.6) is 0 Å². The van der Waals surface area contributed by atoms with E-state index in [1.807, 2.05) is 13.8 Å². The molecular formula is C39H60F3N5O6. The van der Waals surface area contributed by atoms with Gasteiger partial charge in [0.2, 0.25) is 23.6 Å². The summed E-state index contributed by atoms with van der Waals surface area (Å²) in [5.74, 6) is -2.28. The van der Waals surface area contributed by atoms with E-state index in [0.29, 0.717) is 37.4 Å². The highest BCUT2D eigenvalue weighted by molar-refractivity contribution is 6.03.